The minimum atomic E-state index is -3.84. The molecule has 4 heterocycles. The summed E-state index contributed by atoms with van der Waals surface area (Å²) in [5.74, 6) is 2.01. The van der Waals surface area contributed by atoms with Crippen molar-refractivity contribution in [2.45, 2.75) is 78.6 Å². The number of fused-ring (bicyclic) bond motifs is 10. The second kappa shape index (κ2) is 23.0. The number of aromatic nitrogens is 3. The van der Waals surface area contributed by atoms with Gasteiger partial charge in [0.1, 0.15) is 5.82 Å². The first kappa shape index (κ1) is 59.5. The molecule has 0 fully saturated rings. The number of anilines is 2. The number of pyridine rings is 1. The van der Waals surface area contributed by atoms with Crippen LogP contribution in [0.3, 0.4) is 0 Å². The Balaban J connectivity index is 0.00000721. The van der Waals surface area contributed by atoms with E-state index in [0.29, 0.717) is 11.5 Å². The van der Waals surface area contributed by atoms with Crippen LogP contribution in [-0.4, -0.2) is 27.4 Å². The summed E-state index contributed by atoms with van der Waals surface area (Å²) in [6.45, 7) is 23.1. The molecule has 450 valence electrons. The Morgan fingerprint density at radius 2 is 0.945 bits per heavy atom. The van der Waals surface area contributed by atoms with Crippen molar-refractivity contribution in [3.8, 4) is 28.4 Å². The molecule has 7 heteroatoms. The van der Waals surface area contributed by atoms with Crippen LogP contribution in [0.4, 0.5) is 11.4 Å². The van der Waals surface area contributed by atoms with E-state index in [4.69, 9.17) is 9.72 Å². The summed E-state index contributed by atoms with van der Waals surface area (Å²) in [6.07, 6.45) is 1.91. The van der Waals surface area contributed by atoms with Gasteiger partial charge in [-0.2, -0.15) is 6.07 Å². The van der Waals surface area contributed by atoms with Crippen LogP contribution in [0.15, 0.2) is 261 Å². The van der Waals surface area contributed by atoms with Crippen LogP contribution in [-0.2, 0) is 37.3 Å². The van der Waals surface area contributed by atoms with Crippen molar-refractivity contribution in [1.29, 1.82) is 0 Å². The smallest absolute Gasteiger partial charge is 0 e. The summed E-state index contributed by atoms with van der Waals surface area (Å²) in [7, 11) is 0. The average molecular weight is 1420 g/mol. The van der Waals surface area contributed by atoms with Gasteiger partial charge in [-0.1, -0.05) is 44.5 Å². The maximum Gasteiger partial charge on any atom is 0 e. The Morgan fingerprint density at radius 3 is 1.60 bits per heavy atom. The molecule has 1 aliphatic rings. The van der Waals surface area contributed by atoms with Gasteiger partial charge in [-0.3, -0.25) is 0 Å². The van der Waals surface area contributed by atoms with E-state index < -0.39 is 13.3 Å². The zero-order valence-corrected chi connectivity index (χ0v) is 57.3. The fourth-order valence-corrected chi connectivity index (χ4v) is 24.0. The molecular formula is C84H71GeN4OPt-3. The van der Waals surface area contributed by atoms with Gasteiger partial charge in [-0.05, 0) is 34.6 Å². The molecule has 14 aromatic rings. The molecule has 0 amide bonds. The van der Waals surface area contributed by atoms with Crippen LogP contribution in [0.2, 0.25) is 0 Å². The van der Waals surface area contributed by atoms with Gasteiger partial charge in [-0.15, -0.1) is 17.5 Å². The molecule has 15 rings (SSSR count). The Kier molecular flexibility index (Phi) is 15.0. The van der Waals surface area contributed by atoms with E-state index in [-0.39, 0.29) is 37.3 Å². The van der Waals surface area contributed by atoms with Gasteiger partial charge in [-0.25, -0.2) is 4.98 Å². The zero-order valence-electron chi connectivity index (χ0n) is 52.9. The van der Waals surface area contributed by atoms with Gasteiger partial charge in [0.2, 0.25) is 0 Å². The van der Waals surface area contributed by atoms with E-state index in [2.05, 4.69) is 338 Å². The number of hydrogen-bond donors (Lipinski definition) is 0. The second-order valence-corrected chi connectivity index (χ2v) is 35.3. The van der Waals surface area contributed by atoms with Crippen LogP contribution in [0.25, 0.3) is 82.1 Å². The second-order valence-electron chi connectivity index (χ2n) is 27.3. The Hall–Kier alpha value is -9.13. The zero-order chi connectivity index (χ0) is 61.7. The van der Waals surface area contributed by atoms with Crippen molar-refractivity contribution in [3.05, 3.63) is 296 Å². The molecule has 91 heavy (non-hydrogen) atoms. The van der Waals surface area contributed by atoms with Gasteiger partial charge < -0.3 is 4.57 Å². The summed E-state index contributed by atoms with van der Waals surface area (Å²) in [5.41, 5.74) is 11.8. The summed E-state index contributed by atoms with van der Waals surface area (Å²) in [4.78, 5) is 7.24. The number of ether oxygens (including phenoxy) is 1. The van der Waals surface area contributed by atoms with Crippen LogP contribution in [0.5, 0.6) is 11.5 Å². The molecule has 3 aromatic heterocycles. The minimum Gasteiger partial charge on any atom is 0 e. The van der Waals surface area contributed by atoms with Crippen molar-refractivity contribution < 1.29 is 25.8 Å². The molecule has 0 N–H and O–H groups in total. The molecule has 5 nitrogen and oxygen atoms in total. The van der Waals surface area contributed by atoms with Crippen molar-refractivity contribution >= 4 is 107 Å². The van der Waals surface area contributed by atoms with E-state index in [1.165, 1.54) is 61.4 Å². The van der Waals surface area contributed by atoms with Crippen LogP contribution in [0.1, 0.15) is 79.0 Å². The van der Waals surface area contributed by atoms with Crippen LogP contribution in [0, 0.1) is 18.8 Å². The first-order valence-corrected chi connectivity index (χ1v) is 35.6. The van der Waals surface area contributed by atoms with E-state index >= 15 is 0 Å². The predicted molar refractivity (Wildman–Crippen MR) is 382 cm³/mol. The topological polar surface area (TPSA) is 35.2 Å². The summed E-state index contributed by atoms with van der Waals surface area (Å²) in [6, 6.07) is 102. The molecular weight excluding hydrogens is 1350 g/mol. The predicted octanol–water partition coefficient (Wildman–Crippen LogP) is 19.2. The Morgan fingerprint density at radius 1 is 0.407 bits per heavy atom. The number of hydrogen-bond acceptors (Lipinski definition) is 3. The van der Waals surface area contributed by atoms with Crippen molar-refractivity contribution in [2.75, 3.05) is 4.90 Å². The van der Waals surface area contributed by atoms with Gasteiger partial charge in [0, 0.05) is 38.5 Å². The minimum absolute atomic E-state index is 0. The number of rotatable bonds is 9. The first-order chi connectivity index (χ1) is 43.5. The third-order valence-electron chi connectivity index (χ3n) is 18.5. The van der Waals surface area contributed by atoms with E-state index in [1.54, 1.807) is 0 Å². The van der Waals surface area contributed by atoms with Crippen molar-refractivity contribution in [3.63, 3.8) is 0 Å². The fraction of sp³-hybridized carbons (Fsp3) is 0.143. The van der Waals surface area contributed by atoms with E-state index in [9.17, 15) is 0 Å². The molecule has 0 bridgehead atoms. The van der Waals surface area contributed by atoms with E-state index in [1.807, 2.05) is 18.3 Å². The van der Waals surface area contributed by atoms with Gasteiger partial charge in [0.15, 0.2) is 0 Å². The normalized spacial score (nSPS) is 12.6. The molecule has 0 saturated carbocycles. The van der Waals surface area contributed by atoms with Crippen molar-refractivity contribution in [1.82, 2.24) is 14.1 Å². The van der Waals surface area contributed by atoms with Crippen LogP contribution >= 0.6 is 0 Å². The molecule has 1 aliphatic heterocycles. The molecule has 0 aliphatic carbocycles. The molecule has 0 atom stereocenters. The number of nitrogens with zero attached hydrogens (tertiary/aromatic N) is 4. The molecule has 0 radical (unpaired) electrons. The Labute approximate surface area is 551 Å². The third-order valence-corrected chi connectivity index (χ3v) is 28.5. The van der Waals surface area contributed by atoms with Gasteiger partial charge in [0.05, 0.1) is 0 Å². The summed E-state index contributed by atoms with van der Waals surface area (Å²) in [5, 5.41) is 9.25. The molecule has 0 spiro atoms. The maximum atomic E-state index is 6.92. The molecule has 0 saturated heterocycles. The SMILES string of the molecule is CC(C)(C)c1cc(-c2cccc3c4ccc(C(C)(C)C)cc4c4ccccc4c4cccc5c4n(c23)[CH-]N5c2[c-]c(Oc3[c-]c4c(cc3)c3ccccc3n4-c3cc(C(C)(C)C)ccn3)ccc2)c[c]([Ge]([c]2ccccc2)([c]2ccccc2)[c]2ccccc2)c1.[Pt]. The van der Waals surface area contributed by atoms with E-state index in [0.717, 1.165) is 66.4 Å². The van der Waals surface area contributed by atoms with Gasteiger partial charge >= 0.3 is 399 Å². The largest absolute Gasteiger partial charge is 0 e. The summed E-state index contributed by atoms with van der Waals surface area (Å²) >= 11 is -3.84. The maximum absolute atomic E-state index is 6.92. The number of benzene rings is 11. The molecule has 0 unspecified atom stereocenters. The monoisotopic (exact) mass is 1420 g/mol. The first-order valence-electron chi connectivity index (χ1n) is 31.4. The summed E-state index contributed by atoms with van der Waals surface area (Å²) < 4.78 is 17.2. The third kappa shape index (κ3) is 10.3. The van der Waals surface area contributed by atoms with Crippen LogP contribution < -0.4 is 27.2 Å². The quantitative estimate of drug-likeness (QED) is 0.107. The average Bonchev–Trinajstić information content (AvgIpc) is 1.69. The number of para-hydroxylation sites is 3. The molecule has 11 aromatic carbocycles. The Bertz CT molecular complexity index is 5110. The van der Waals surface area contributed by atoms with Gasteiger partial charge in [0.25, 0.3) is 0 Å². The standard InChI is InChI=1S/C84H71GeN4O.Pt/c1-82(2,3)57-42-44-70-73-38-24-37-67(56-48-59(84(7,8)9)50-63(49-56)85(60-26-13-10-14-27-60,61-28-15-11-16-29-61)62-30-17-12-18-31-62)80(73)88-55-87(77-41-25-39-74(81(77)88)68-34-19-20-35-69(68)75(70)51-57)64-32-23-33-65(53-64)90-66-43-45-72-71-36-21-22-40-76(71)89(78(72)54-66)79-52-58(46-47-86-79)83(4,5)6;/h10-52,55H,1-9H3;/q-3;. The van der Waals surface area contributed by atoms with Crippen molar-refractivity contribution in [2.24, 2.45) is 0 Å². The fourth-order valence-electron chi connectivity index (χ4n) is 13.9.